The zero-order chi connectivity index (χ0) is 19.7. The molecule has 144 valence electrons. The van der Waals surface area contributed by atoms with Gasteiger partial charge in [0.2, 0.25) is 5.91 Å². The van der Waals surface area contributed by atoms with Gasteiger partial charge in [0.25, 0.3) is 0 Å². The molecular formula is C20H25N3O4. The van der Waals surface area contributed by atoms with Crippen LogP contribution in [-0.4, -0.2) is 46.1 Å². The van der Waals surface area contributed by atoms with E-state index < -0.39 is 30.3 Å². The fourth-order valence-electron chi connectivity index (χ4n) is 3.85. The summed E-state index contributed by atoms with van der Waals surface area (Å²) in [6.45, 7) is 5.34. The lowest BCUT2D eigenvalue weighted by Crippen LogP contribution is -2.46. The van der Waals surface area contributed by atoms with Crippen LogP contribution in [-0.2, 0) is 14.4 Å². The van der Waals surface area contributed by atoms with Crippen LogP contribution in [0.1, 0.15) is 43.7 Å². The molecule has 2 aliphatic rings. The van der Waals surface area contributed by atoms with E-state index in [0.29, 0.717) is 12.1 Å². The highest BCUT2D eigenvalue weighted by Crippen LogP contribution is 2.31. The molecule has 1 aromatic rings. The lowest BCUT2D eigenvalue weighted by atomic mass is 9.85. The molecule has 1 aliphatic heterocycles. The van der Waals surface area contributed by atoms with Gasteiger partial charge in [-0.25, -0.2) is 9.69 Å². The quantitative estimate of drug-likeness (QED) is 0.651. The van der Waals surface area contributed by atoms with Gasteiger partial charge in [-0.05, 0) is 49.8 Å². The summed E-state index contributed by atoms with van der Waals surface area (Å²) in [7, 11) is 0. The number of nitrogens with zero attached hydrogens (tertiary/aromatic N) is 2. The molecule has 1 saturated heterocycles. The number of hydrogen-bond acceptors (Lipinski definition) is 4. The number of imide groups is 2. The molecule has 27 heavy (non-hydrogen) atoms. The number of anilines is 1. The maximum absolute atomic E-state index is 12.7. The van der Waals surface area contributed by atoms with Crippen LogP contribution in [0.5, 0.6) is 0 Å². The van der Waals surface area contributed by atoms with E-state index in [4.69, 9.17) is 0 Å². The minimum atomic E-state index is -0.922. The average Bonchev–Trinajstić information content (AvgIpc) is 2.83. The number of benzene rings is 1. The minimum Gasteiger partial charge on any atom is -0.324 e. The average molecular weight is 371 g/mol. The number of hydrogen-bond donors (Lipinski definition) is 1. The highest BCUT2D eigenvalue weighted by Gasteiger charge is 2.49. The largest absolute Gasteiger partial charge is 0.334 e. The van der Waals surface area contributed by atoms with Crippen molar-refractivity contribution in [3.8, 4) is 0 Å². The summed E-state index contributed by atoms with van der Waals surface area (Å²) >= 11 is 0. The second-order valence-electron chi connectivity index (χ2n) is 7.47. The van der Waals surface area contributed by atoms with E-state index >= 15 is 0 Å². The first-order valence-corrected chi connectivity index (χ1v) is 9.36. The lowest BCUT2D eigenvalue weighted by Gasteiger charge is -2.34. The van der Waals surface area contributed by atoms with Crippen LogP contribution in [0.3, 0.4) is 0 Å². The SMILES string of the molecule is Cc1cccc(NC(=O)CN2C(=O)C(=O)N([C@@H]3CCCC[C@H]3C)C2=O)c1C. The first kappa shape index (κ1) is 19.1. The third-order valence-electron chi connectivity index (χ3n) is 5.66. The van der Waals surface area contributed by atoms with E-state index in [1.54, 1.807) is 6.07 Å². The third-order valence-corrected chi connectivity index (χ3v) is 5.66. The van der Waals surface area contributed by atoms with Crippen molar-refractivity contribution in [3.05, 3.63) is 29.3 Å². The Balaban J connectivity index is 1.72. The summed E-state index contributed by atoms with van der Waals surface area (Å²) in [5, 5.41) is 2.72. The molecule has 1 heterocycles. The van der Waals surface area contributed by atoms with Crippen molar-refractivity contribution in [2.45, 2.75) is 52.5 Å². The van der Waals surface area contributed by atoms with Crippen molar-refractivity contribution in [2.75, 3.05) is 11.9 Å². The number of nitrogens with one attached hydrogen (secondary N) is 1. The van der Waals surface area contributed by atoms with Gasteiger partial charge in [0.15, 0.2) is 0 Å². The Morgan fingerprint density at radius 3 is 2.52 bits per heavy atom. The fourth-order valence-corrected chi connectivity index (χ4v) is 3.85. The van der Waals surface area contributed by atoms with Gasteiger partial charge in [0.05, 0.1) is 0 Å². The van der Waals surface area contributed by atoms with Gasteiger partial charge in [0, 0.05) is 11.7 Å². The molecule has 1 saturated carbocycles. The predicted molar refractivity (Wildman–Crippen MR) is 99.9 cm³/mol. The smallest absolute Gasteiger partial charge is 0.324 e. The highest BCUT2D eigenvalue weighted by molar-refractivity contribution is 6.45. The number of aryl methyl sites for hydroxylation is 1. The molecule has 1 N–H and O–H groups in total. The van der Waals surface area contributed by atoms with E-state index in [1.165, 1.54) is 0 Å². The van der Waals surface area contributed by atoms with Crippen molar-refractivity contribution in [2.24, 2.45) is 5.92 Å². The fraction of sp³-hybridized carbons (Fsp3) is 0.500. The summed E-state index contributed by atoms with van der Waals surface area (Å²) in [6, 6.07) is 4.56. The van der Waals surface area contributed by atoms with Crippen molar-refractivity contribution in [1.82, 2.24) is 9.80 Å². The van der Waals surface area contributed by atoms with Gasteiger partial charge in [-0.1, -0.05) is 31.9 Å². The summed E-state index contributed by atoms with van der Waals surface area (Å²) in [5.74, 6) is -2.09. The van der Waals surface area contributed by atoms with Gasteiger partial charge in [-0.15, -0.1) is 0 Å². The maximum atomic E-state index is 12.7. The van der Waals surface area contributed by atoms with Crippen LogP contribution < -0.4 is 5.32 Å². The van der Waals surface area contributed by atoms with Gasteiger partial charge in [0.1, 0.15) is 6.54 Å². The van der Waals surface area contributed by atoms with Crippen LogP contribution in [0, 0.1) is 19.8 Å². The first-order valence-electron chi connectivity index (χ1n) is 9.36. The van der Waals surface area contributed by atoms with Crippen molar-refractivity contribution < 1.29 is 19.2 Å². The highest BCUT2D eigenvalue weighted by atomic mass is 16.2. The summed E-state index contributed by atoms with van der Waals surface area (Å²) in [6.07, 6.45) is 3.61. The van der Waals surface area contributed by atoms with Crippen LogP contribution in [0.25, 0.3) is 0 Å². The molecule has 0 bridgehead atoms. The molecule has 0 unspecified atom stereocenters. The van der Waals surface area contributed by atoms with Gasteiger partial charge in [-0.3, -0.25) is 19.3 Å². The Hall–Kier alpha value is -2.70. The Morgan fingerprint density at radius 1 is 1.11 bits per heavy atom. The standard InChI is InChI=1S/C20H25N3O4/c1-12-8-6-9-15(14(12)3)21-17(24)11-22-18(25)19(26)23(20(22)27)16-10-5-4-7-13(16)2/h6,8-9,13,16H,4-5,7,10-11H2,1-3H3,(H,21,24)/t13-,16-/m1/s1. The molecule has 0 spiro atoms. The first-order chi connectivity index (χ1) is 12.8. The van der Waals surface area contributed by atoms with Crippen LogP contribution >= 0.6 is 0 Å². The molecule has 3 rings (SSSR count). The van der Waals surface area contributed by atoms with Crippen molar-refractivity contribution >= 4 is 29.4 Å². The molecule has 7 heteroatoms. The minimum absolute atomic E-state index is 0.156. The third kappa shape index (κ3) is 3.59. The molecule has 5 amide bonds. The van der Waals surface area contributed by atoms with E-state index in [1.807, 2.05) is 32.9 Å². The Labute approximate surface area is 158 Å². The summed E-state index contributed by atoms with van der Waals surface area (Å²) in [4.78, 5) is 51.6. The molecule has 7 nitrogen and oxygen atoms in total. The zero-order valence-electron chi connectivity index (χ0n) is 15.9. The summed E-state index contributed by atoms with van der Waals surface area (Å²) < 4.78 is 0. The lowest BCUT2D eigenvalue weighted by molar-refractivity contribution is -0.145. The number of amides is 5. The summed E-state index contributed by atoms with van der Waals surface area (Å²) in [5.41, 5.74) is 2.57. The molecule has 1 aromatic carbocycles. The number of carbonyl (C=O) groups excluding carboxylic acids is 4. The molecule has 2 fully saturated rings. The number of rotatable bonds is 4. The normalized spacial score (nSPS) is 23.1. The predicted octanol–water partition coefficient (Wildman–Crippen LogP) is 2.61. The number of urea groups is 1. The molecule has 0 radical (unpaired) electrons. The zero-order valence-corrected chi connectivity index (χ0v) is 15.9. The van der Waals surface area contributed by atoms with Crippen LogP contribution in [0.4, 0.5) is 10.5 Å². The van der Waals surface area contributed by atoms with Crippen LogP contribution in [0.15, 0.2) is 18.2 Å². The van der Waals surface area contributed by atoms with E-state index in [9.17, 15) is 19.2 Å². The number of carbonyl (C=O) groups is 4. The molecular weight excluding hydrogens is 346 g/mol. The van der Waals surface area contributed by atoms with Crippen LogP contribution in [0.2, 0.25) is 0 Å². The van der Waals surface area contributed by atoms with Gasteiger partial charge < -0.3 is 5.32 Å². The molecule has 2 atom stereocenters. The van der Waals surface area contributed by atoms with Crippen molar-refractivity contribution in [3.63, 3.8) is 0 Å². The van der Waals surface area contributed by atoms with Crippen molar-refractivity contribution in [1.29, 1.82) is 0 Å². The Morgan fingerprint density at radius 2 is 1.81 bits per heavy atom. The Bertz CT molecular complexity index is 804. The second-order valence-corrected chi connectivity index (χ2v) is 7.47. The Kier molecular flexibility index (Phi) is 5.30. The molecule has 1 aliphatic carbocycles. The molecule has 0 aromatic heterocycles. The monoisotopic (exact) mass is 371 g/mol. The second kappa shape index (κ2) is 7.50. The van der Waals surface area contributed by atoms with E-state index in [-0.39, 0.29) is 12.0 Å². The van der Waals surface area contributed by atoms with Gasteiger partial charge in [-0.2, -0.15) is 0 Å². The maximum Gasteiger partial charge on any atom is 0.334 e. The van der Waals surface area contributed by atoms with Gasteiger partial charge >= 0.3 is 17.8 Å². The van der Waals surface area contributed by atoms with E-state index in [0.717, 1.165) is 40.2 Å². The van der Waals surface area contributed by atoms with E-state index in [2.05, 4.69) is 5.32 Å². The topological polar surface area (TPSA) is 86.8 Å².